The molecule has 7 nitrogen and oxygen atoms in total. The SMILES string of the molecule is CCC(C)C(=O)C1=C2C3=COC([C@H]4C(=O)C[C@H](O)C[C@@H]4C)=CC3=CC(=O)[C@@]2(C)OC1=O. The summed E-state index contributed by atoms with van der Waals surface area (Å²) in [7, 11) is 0. The summed E-state index contributed by atoms with van der Waals surface area (Å²) in [5, 5.41) is 9.86. The highest BCUT2D eigenvalue weighted by Crippen LogP contribution is 2.48. The maximum Gasteiger partial charge on any atom is 0.343 e. The van der Waals surface area contributed by atoms with Crippen molar-refractivity contribution in [3.8, 4) is 0 Å². The molecule has 0 saturated heterocycles. The predicted molar refractivity (Wildman–Crippen MR) is 109 cm³/mol. The number of ether oxygens (including phenoxy) is 2. The molecule has 164 valence electrons. The van der Waals surface area contributed by atoms with Crippen LogP contribution in [0, 0.1) is 17.8 Å². The van der Waals surface area contributed by atoms with Gasteiger partial charge in [0.05, 0.1) is 18.3 Å². The molecule has 0 amide bonds. The molecule has 31 heavy (non-hydrogen) atoms. The molecule has 1 N–H and O–H groups in total. The van der Waals surface area contributed by atoms with Crippen molar-refractivity contribution < 1.29 is 33.8 Å². The van der Waals surface area contributed by atoms with Crippen LogP contribution in [-0.2, 0) is 28.7 Å². The van der Waals surface area contributed by atoms with Gasteiger partial charge in [-0.15, -0.1) is 0 Å². The second-order valence-electron chi connectivity index (χ2n) is 9.02. The number of hydrogen-bond donors (Lipinski definition) is 1. The van der Waals surface area contributed by atoms with Gasteiger partial charge in [-0.2, -0.15) is 0 Å². The summed E-state index contributed by atoms with van der Waals surface area (Å²) in [4.78, 5) is 51.1. The first-order valence-electron chi connectivity index (χ1n) is 10.7. The van der Waals surface area contributed by atoms with E-state index >= 15 is 0 Å². The van der Waals surface area contributed by atoms with E-state index in [1.807, 2.05) is 13.8 Å². The van der Waals surface area contributed by atoms with Crippen LogP contribution in [0.25, 0.3) is 0 Å². The topological polar surface area (TPSA) is 107 Å². The van der Waals surface area contributed by atoms with E-state index in [1.54, 1.807) is 13.0 Å². The zero-order chi connectivity index (χ0) is 22.7. The Bertz CT molecular complexity index is 1020. The Morgan fingerprint density at radius 3 is 2.65 bits per heavy atom. The van der Waals surface area contributed by atoms with Crippen molar-refractivity contribution in [1.29, 1.82) is 0 Å². The molecule has 2 heterocycles. The molecule has 1 unspecified atom stereocenters. The molecule has 0 radical (unpaired) electrons. The van der Waals surface area contributed by atoms with Crippen molar-refractivity contribution in [1.82, 2.24) is 0 Å². The molecule has 0 spiro atoms. The predicted octanol–water partition coefficient (Wildman–Crippen LogP) is 2.50. The van der Waals surface area contributed by atoms with Gasteiger partial charge >= 0.3 is 5.97 Å². The zero-order valence-corrected chi connectivity index (χ0v) is 18.1. The van der Waals surface area contributed by atoms with Crippen molar-refractivity contribution in [3.05, 3.63) is 46.5 Å². The van der Waals surface area contributed by atoms with Crippen molar-refractivity contribution in [3.63, 3.8) is 0 Å². The highest BCUT2D eigenvalue weighted by molar-refractivity contribution is 6.24. The first-order valence-corrected chi connectivity index (χ1v) is 10.7. The Hall–Kier alpha value is -2.80. The van der Waals surface area contributed by atoms with E-state index in [-0.39, 0.29) is 35.1 Å². The maximum absolute atomic E-state index is 13.0. The molecule has 2 aliphatic heterocycles. The molecule has 4 aliphatic rings. The lowest BCUT2D eigenvalue weighted by atomic mass is 9.73. The Morgan fingerprint density at radius 2 is 2.00 bits per heavy atom. The molecule has 4 rings (SSSR count). The van der Waals surface area contributed by atoms with E-state index < -0.39 is 35.3 Å². The fourth-order valence-electron chi connectivity index (χ4n) is 4.84. The monoisotopic (exact) mass is 426 g/mol. The van der Waals surface area contributed by atoms with Crippen LogP contribution in [0.2, 0.25) is 0 Å². The fraction of sp³-hybridized carbons (Fsp3) is 0.500. The van der Waals surface area contributed by atoms with E-state index in [0.29, 0.717) is 29.7 Å². The third-order valence-electron chi connectivity index (χ3n) is 6.79. The number of rotatable bonds is 4. The first kappa shape index (κ1) is 21.4. The molecule has 1 saturated carbocycles. The molecule has 0 bridgehead atoms. The molecule has 1 fully saturated rings. The lowest BCUT2D eigenvalue weighted by Gasteiger charge is -2.35. The van der Waals surface area contributed by atoms with Crippen LogP contribution in [0.15, 0.2) is 46.5 Å². The van der Waals surface area contributed by atoms with E-state index in [2.05, 4.69) is 0 Å². The van der Waals surface area contributed by atoms with Crippen molar-refractivity contribution >= 4 is 23.3 Å². The summed E-state index contributed by atoms with van der Waals surface area (Å²) in [5.41, 5.74) is -0.513. The third-order valence-corrected chi connectivity index (χ3v) is 6.79. The molecule has 0 aromatic carbocycles. The highest BCUT2D eigenvalue weighted by Gasteiger charge is 2.55. The molecule has 2 aliphatic carbocycles. The van der Waals surface area contributed by atoms with Crippen LogP contribution in [0.4, 0.5) is 0 Å². The molecular weight excluding hydrogens is 400 g/mol. The standard InChI is InChI=1S/C24H26O7/c1-5-11(2)22(28)20-21-15-10-30-17(19-12(3)6-14(25)9-16(19)26)7-13(15)8-18(27)24(21,4)31-23(20)29/h7-8,10-12,14,19,25H,5-6,9H2,1-4H3/t11?,12-,14+,19+,24+/m0/s1. The average molecular weight is 426 g/mol. The Balaban J connectivity index is 1.79. The Kier molecular flexibility index (Phi) is 5.12. The van der Waals surface area contributed by atoms with Gasteiger partial charge in [0.2, 0.25) is 5.78 Å². The number of aliphatic hydroxyl groups excluding tert-OH is 1. The smallest absolute Gasteiger partial charge is 0.343 e. The van der Waals surface area contributed by atoms with Crippen molar-refractivity contribution in [2.24, 2.45) is 17.8 Å². The zero-order valence-electron chi connectivity index (χ0n) is 18.1. The van der Waals surface area contributed by atoms with Crippen LogP contribution >= 0.6 is 0 Å². The minimum absolute atomic E-state index is 0.0589. The highest BCUT2D eigenvalue weighted by atomic mass is 16.6. The third kappa shape index (κ3) is 3.22. The van der Waals surface area contributed by atoms with Gasteiger partial charge in [0.1, 0.15) is 17.1 Å². The molecule has 5 atom stereocenters. The van der Waals surface area contributed by atoms with Crippen LogP contribution in [0.3, 0.4) is 0 Å². The quantitative estimate of drug-likeness (QED) is 0.544. The van der Waals surface area contributed by atoms with Gasteiger partial charge in [0.15, 0.2) is 11.4 Å². The van der Waals surface area contributed by atoms with E-state index in [4.69, 9.17) is 9.47 Å². The second kappa shape index (κ2) is 7.41. The number of ketones is 3. The van der Waals surface area contributed by atoms with E-state index in [9.17, 15) is 24.3 Å². The van der Waals surface area contributed by atoms with Crippen LogP contribution < -0.4 is 0 Å². The number of hydrogen-bond acceptors (Lipinski definition) is 7. The van der Waals surface area contributed by atoms with Gasteiger partial charge in [-0.25, -0.2) is 4.79 Å². The summed E-state index contributed by atoms with van der Waals surface area (Å²) in [6.07, 6.45) is 4.82. The number of Topliss-reactive ketones (excluding diaryl/α,β-unsaturated/α-hetero) is 2. The summed E-state index contributed by atoms with van der Waals surface area (Å²) in [6.45, 7) is 6.94. The van der Waals surface area contributed by atoms with Crippen LogP contribution in [0.1, 0.15) is 47.0 Å². The average Bonchev–Trinajstić information content (AvgIpc) is 2.97. The van der Waals surface area contributed by atoms with Crippen LogP contribution in [-0.4, -0.2) is 40.1 Å². The van der Waals surface area contributed by atoms with Gasteiger partial charge < -0.3 is 14.6 Å². The number of carbonyl (C=O) groups is 4. The summed E-state index contributed by atoms with van der Waals surface area (Å²) >= 11 is 0. The number of aliphatic hydroxyl groups is 1. The number of carbonyl (C=O) groups excluding carboxylic acids is 4. The summed E-state index contributed by atoms with van der Waals surface area (Å²) in [6, 6.07) is 0. The second-order valence-corrected chi connectivity index (χ2v) is 9.02. The van der Waals surface area contributed by atoms with E-state index in [1.165, 1.54) is 19.3 Å². The largest absolute Gasteiger partial charge is 0.468 e. The number of fused-ring (bicyclic) bond motifs is 3. The molecule has 7 heteroatoms. The lowest BCUT2D eigenvalue weighted by molar-refractivity contribution is -0.153. The van der Waals surface area contributed by atoms with E-state index in [0.717, 1.165) is 0 Å². The van der Waals surface area contributed by atoms with Gasteiger partial charge in [-0.05, 0) is 43.4 Å². The normalized spacial score (nSPS) is 33.5. The summed E-state index contributed by atoms with van der Waals surface area (Å²) in [5.74, 6) is -2.36. The Labute approximate surface area is 180 Å². The minimum Gasteiger partial charge on any atom is -0.468 e. The van der Waals surface area contributed by atoms with Crippen molar-refractivity contribution in [2.75, 3.05) is 0 Å². The molecular formula is C24H26O7. The number of allylic oxidation sites excluding steroid dienone is 3. The Morgan fingerprint density at radius 1 is 1.29 bits per heavy atom. The number of esters is 1. The maximum atomic E-state index is 13.0. The lowest BCUT2D eigenvalue weighted by Crippen LogP contribution is -2.41. The van der Waals surface area contributed by atoms with Gasteiger partial charge in [0.25, 0.3) is 0 Å². The summed E-state index contributed by atoms with van der Waals surface area (Å²) < 4.78 is 11.2. The van der Waals surface area contributed by atoms with Gasteiger partial charge in [-0.3, -0.25) is 14.4 Å². The molecule has 0 aromatic heterocycles. The fourth-order valence-corrected chi connectivity index (χ4v) is 4.84. The van der Waals surface area contributed by atoms with Crippen LogP contribution in [0.5, 0.6) is 0 Å². The van der Waals surface area contributed by atoms with Crippen molar-refractivity contribution in [2.45, 2.75) is 58.7 Å². The first-order chi connectivity index (χ1) is 14.6. The minimum atomic E-state index is -1.57. The van der Waals surface area contributed by atoms with Gasteiger partial charge in [0, 0.05) is 23.5 Å². The molecule has 0 aromatic rings. The van der Waals surface area contributed by atoms with Gasteiger partial charge in [-0.1, -0.05) is 20.8 Å².